The molecule has 48 heavy (non-hydrogen) atoms. The van der Waals surface area contributed by atoms with Gasteiger partial charge in [0.1, 0.15) is 11.6 Å². The fraction of sp³-hybridized carbons (Fsp3) is 0.220. The van der Waals surface area contributed by atoms with Gasteiger partial charge in [-0.15, -0.1) is 35.7 Å². The number of hydrogen-bond donors (Lipinski definition) is 0. The van der Waals surface area contributed by atoms with Crippen LogP contribution in [0.15, 0.2) is 97.2 Å². The Kier molecular flexibility index (Phi) is 9.06. The van der Waals surface area contributed by atoms with Crippen LogP contribution in [0.5, 0.6) is 17.2 Å². The van der Waals surface area contributed by atoms with Crippen molar-refractivity contribution in [3.63, 3.8) is 0 Å². The monoisotopic (exact) mass is 813 g/mol. The largest absolute Gasteiger partial charge is 2.00 e. The molecular weight excluding hydrogens is 776 g/mol. The van der Waals surface area contributed by atoms with Crippen molar-refractivity contribution >= 4 is 21.8 Å². The van der Waals surface area contributed by atoms with Gasteiger partial charge in [0.15, 0.2) is 0 Å². The van der Waals surface area contributed by atoms with Crippen LogP contribution in [-0.4, -0.2) is 26.4 Å². The van der Waals surface area contributed by atoms with E-state index in [9.17, 15) is 0 Å². The number of hydrogen-bond acceptors (Lipinski definition) is 4. The molecule has 7 aromatic rings. The molecule has 0 saturated carbocycles. The molecule has 6 nitrogen and oxygen atoms in total. The molecule has 0 radical (unpaired) electrons. The minimum Gasteiger partial charge on any atom is -0.509 e. The van der Waals surface area contributed by atoms with Crippen LogP contribution in [0.4, 0.5) is 0 Å². The molecule has 0 spiro atoms. The molecule has 0 bridgehead atoms. The van der Waals surface area contributed by atoms with Gasteiger partial charge in [0.25, 0.3) is 0 Å². The van der Waals surface area contributed by atoms with E-state index >= 15 is 0 Å². The van der Waals surface area contributed by atoms with Crippen molar-refractivity contribution in [3.05, 3.63) is 126 Å². The number of ether oxygens (including phenoxy) is 2. The summed E-state index contributed by atoms with van der Waals surface area (Å²) in [5.74, 6) is 3.03. The Balaban J connectivity index is 0.00000401. The summed E-state index contributed by atoms with van der Waals surface area (Å²) in [4.78, 5) is 4.73. The summed E-state index contributed by atoms with van der Waals surface area (Å²) in [6.07, 6.45) is 1.77. The summed E-state index contributed by atoms with van der Waals surface area (Å²) in [6, 6.07) is 37.9. The second kappa shape index (κ2) is 13.1. The Bertz CT molecular complexity index is 2250. The molecule has 1 unspecified atom stereocenters. The number of aromatic nitrogens is 4. The zero-order valence-electron chi connectivity index (χ0n) is 28.2. The first-order valence-electron chi connectivity index (χ1n) is 16.0. The van der Waals surface area contributed by atoms with Crippen LogP contribution in [0.1, 0.15) is 50.6 Å². The number of methoxy groups -OCH3 is 1. The van der Waals surface area contributed by atoms with Crippen molar-refractivity contribution in [2.45, 2.75) is 47.5 Å². The summed E-state index contributed by atoms with van der Waals surface area (Å²) in [7, 11) is 1.67. The van der Waals surface area contributed by atoms with Crippen molar-refractivity contribution in [1.82, 2.24) is 19.3 Å². The average molecular weight is 814 g/mol. The van der Waals surface area contributed by atoms with Gasteiger partial charge >= 0.3 is 21.1 Å². The molecule has 0 aliphatic rings. The molecule has 0 aliphatic heterocycles. The van der Waals surface area contributed by atoms with Gasteiger partial charge in [-0.25, -0.2) is 4.98 Å². The van der Waals surface area contributed by atoms with E-state index in [1.54, 1.807) is 13.3 Å². The van der Waals surface area contributed by atoms with E-state index in [4.69, 9.17) is 19.6 Å². The fourth-order valence-corrected chi connectivity index (χ4v) is 6.30. The molecule has 4 aromatic carbocycles. The van der Waals surface area contributed by atoms with Crippen molar-refractivity contribution in [2.75, 3.05) is 7.11 Å². The molecule has 0 fully saturated rings. The van der Waals surface area contributed by atoms with Gasteiger partial charge in [0.05, 0.1) is 12.8 Å². The molecule has 1 atom stereocenters. The molecule has 7 heteroatoms. The number of nitrogens with zero attached hydrogens (tertiary/aromatic N) is 4. The van der Waals surface area contributed by atoms with Crippen LogP contribution >= 0.6 is 0 Å². The topological polar surface area (TPSA) is 54.1 Å². The van der Waals surface area contributed by atoms with Crippen molar-refractivity contribution in [3.8, 4) is 39.9 Å². The van der Waals surface area contributed by atoms with Crippen LogP contribution in [0.2, 0.25) is 0 Å². The van der Waals surface area contributed by atoms with Crippen LogP contribution < -0.4 is 9.47 Å². The van der Waals surface area contributed by atoms with Crippen molar-refractivity contribution in [2.24, 2.45) is 5.41 Å². The first kappa shape index (κ1) is 33.2. The van der Waals surface area contributed by atoms with Gasteiger partial charge in [-0.05, 0) is 59.5 Å². The van der Waals surface area contributed by atoms with E-state index in [0.29, 0.717) is 17.4 Å². The maximum absolute atomic E-state index is 6.44. The molecule has 7 rings (SSSR count). The summed E-state index contributed by atoms with van der Waals surface area (Å²) < 4.78 is 16.1. The molecule has 0 saturated heterocycles. The summed E-state index contributed by atoms with van der Waals surface area (Å²) >= 11 is 0. The first-order valence-corrected chi connectivity index (χ1v) is 16.0. The van der Waals surface area contributed by atoms with Crippen LogP contribution in [0, 0.1) is 31.4 Å². The smallest absolute Gasteiger partial charge is 0.509 e. The number of benzene rings is 4. The Labute approximate surface area is 296 Å². The van der Waals surface area contributed by atoms with Crippen LogP contribution in [0.3, 0.4) is 0 Å². The number of fused-ring (bicyclic) bond motifs is 3. The first-order chi connectivity index (χ1) is 22.6. The second-order valence-electron chi connectivity index (χ2n) is 13.2. The molecule has 3 heterocycles. The molecule has 3 aromatic heterocycles. The van der Waals surface area contributed by atoms with Crippen LogP contribution in [-0.2, 0) is 21.1 Å². The Morgan fingerprint density at radius 3 is 2.33 bits per heavy atom. The minimum absolute atomic E-state index is 0. The average Bonchev–Trinajstić information content (AvgIpc) is 3.56. The Morgan fingerprint density at radius 2 is 1.58 bits per heavy atom. The van der Waals surface area contributed by atoms with Crippen molar-refractivity contribution < 1.29 is 30.5 Å². The molecule has 0 N–H and O–H groups in total. The Hall–Kier alpha value is -4.67. The minimum atomic E-state index is 0. The predicted molar refractivity (Wildman–Crippen MR) is 189 cm³/mol. The maximum atomic E-state index is 6.44. The molecule has 0 aliphatic carbocycles. The van der Waals surface area contributed by atoms with E-state index in [1.807, 2.05) is 54.1 Å². The van der Waals surface area contributed by atoms with Gasteiger partial charge in [0.2, 0.25) is 0 Å². The summed E-state index contributed by atoms with van der Waals surface area (Å²) in [6.45, 7) is 13.3. The summed E-state index contributed by atoms with van der Waals surface area (Å²) in [5.41, 5.74) is 8.45. The predicted octanol–water partition coefficient (Wildman–Crippen LogP) is 10.2. The SMILES string of the molecule is COc1ccnc(-n2c3[c-]c(Oc4[c-]c(-n5nc(C)c(-c6ccccc6)c5C)ccc4)ccc3c3cc(C(C)C(C)(C)C)ccc32)c1.[Pt+2]. The van der Waals surface area contributed by atoms with E-state index in [2.05, 4.69) is 99.8 Å². The quantitative estimate of drug-likeness (QED) is 0.151. The third-order valence-corrected chi connectivity index (χ3v) is 9.21. The third-order valence-electron chi connectivity index (χ3n) is 9.21. The van der Waals surface area contributed by atoms with Crippen LogP contribution in [0.25, 0.3) is 44.4 Å². The maximum Gasteiger partial charge on any atom is 2.00 e. The Morgan fingerprint density at radius 1 is 0.812 bits per heavy atom. The van der Waals surface area contributed by atoms with Gasteiger partial charge < -0.3 is 14.0 Å². The normalized spacial score (nSPS) is 12.2. The van der Waals surface area contributed by atoms with Gasteiger partial charge in [-0.2, -0.15) is 17.2 Å². The van der Waals surface area contributed by atoms with E-state index in [-0.39, 0.29) is 26.5 Å². The van der Waals surface area contributed by atoms with Gasteiger partial charge in [0, 0.05) is 40.5 Å². The third kappa shape index (κ3) is 6.06. The molecular formula is C41H38N4O2Pt. The molecule has 0 amide bonds. The second-order valence-corrected chi connectivity index (χ2v) is 13.2. The fourth-order valence-electron chi connectivity index (χ4n) is 6.30. The van der Waals surface area contributed by atoms with E-state index in [1.165, 1.54) is 5.56 Å². The van der Waals surface area contributed by atoms with Gasteiger partial charge in [-0.3, -0.25) is 4.68 Å². The number of pyridine rings is 1. The van der Waals surface area contributed by atoms with E-state index in [0.717, 1.165) is 61.6 Å². The van der Waals surface area contributed by atoms with E-state index < -0.39 is 0 Å². The number of rotatable bonds is 7. The van der Waals surface area contributed by atoms with Crippen molar-refractivity contribution in [1.29, 1.82) is 0 Å². The molecule has 244 valence electrons. The standard InChI is InChI=1S/C41H38N4O2.Pt/c1-26(41(4,5)6)30-16-19-37-36(22-30)35-18-17-34(24-38(35)44(37)39-25-32(46-7)20-21-42-39)47-33-15-11-14-31(23-33)45-28(3)40(27(2)43-45)29-12-9-8-10-13-29;/h8-22,25-26H,1-7H3;/q-2;+2. The zero-order chi connectivity index (χ0) is 32.9. The number of aryl methyl sites for hydroxylation is 1. The zero-order valence-corrected chi connectivity index (χ0v) is 30.5. The summed E-state index contributed by atoms with van der Waals surface area (Å²) in [5, 5.41) is 7.09. The van der Waals surface area contributed by atoms with Gasteiger partial charge in [-0.1, -0.05) is 75.7 Å².